The molecule has 5 nitrogen and oxygen atoms in total. The summed E-state index contributed by atoms with van der Waals surface area (Å²) in [5.41, 5.74) is 4.62. The number of likely N-dealkylation sites (N-methyl/N-ethyl adjacent to an activating group) is 1. The fourth-order valence-corrected chi connectivity index (χ4v) is 4.65. The highest BCUT2D eigenvalue weighted by Crippen LogP contribution is 2.38. The SMILES string of the molecule is CCN1C(=O)/C(=C/c2cn(CC(=O)N3CCCC3)c3ccccc23)c2ccccc21. The summed E-state index contributed by atoms with van der Waals surface area (Å²) in [6, 6.07) is 16.0. The first kappa shape index (κ1) is 18.7. The van der Waals surface area contributed by atoms with E-state index >= 15 is 0 Å². The Kier molecular flexibility index (Phi) is 4.66. The molecule has 1 aromatic heterocycles. The molecule has 0 atom stereocenters. The van der Waals surface area contributed by atoms with Gasteiger partial charge in [-0.15, -0.1) is 0 Å². The Hall–Kier alpha value is -3.34. The van der Waals surface area contributed by atoms with Crippen LogP contribution in [0.2, 0.25) is 0 Å². The van der Waals surface area contributed by atoms with Crippen molar-refractivity contribution in [2.75, 3.05) is 24.5 Å². The van der Waals surface area contributed by atoms with Gasteiger partial charge in [-0.3, -0.25) is 9.59 Å². The predicted octanol–water partition coefficient (Wildman–Crippen LogP) is 4.17. The molecule has 5 heteroatoms. The lowest BCUT2D eigenvalue weighted by atomic mass is 10.0. The van der Waals surface area contributed by atoms with Crippen molar-refractivity contribution in [1.29, 1.82) is 0 Å². The summed E-state index contributed by atoms with van der Waals surface area (Å²) in [6.45, 7) is 4.67. The molecule has 30 heavy (non-hydrogen) atoms. The first-order chi connectivity index (χ1) is 14.7. The van der Waals surface area contributed by atoms with Gasteiger partial charge in [0.2, 0.25) is 5.91 Å². The molecule has 5 rings (SSSR count). The minimum Gasteiger partial charge on any atom is -0.341 e. The number of carbonyl (C=O) groups excluding carboxylic acids is 2. The highest BCUT2D eigenvalue weighted by Gasteiger charge is 2.31. The lowest BCUT2D eigenvalue weighted by molar-refractivity contribution is -0.130. The number of benzene rings is 2. The van der Waals surface area contributed by atoms with Gasteiger partial charge in [0.05, 0.1) is 5.69 Å². The van der Waals surface area contributed by atoms with E-state index in [9.17, 15) is 9.59 Å². The summed E-state index contributed by atoms with van der Waals surface area (Å²) in [6.07, 6.45) is 6.17. The number of carbonyl (C=O) groups is 2. The van der Waals surface area contributed by atoms with Crippen LogP contribution in [0.1, 0.15) is 30.9 Å². The topological polar surface area (TPSA) is 45.6 Å². The number of likely N-dealkylation sites (tertiary alicyclic amines) is 1. The summed E-state index contributed by atoms with van der Waals surface area (Å²) in [7, 11) is 0. The minimum atomic E-state index is 0.0312. The van der Waals surface area contributed by atoms with E-state index in [1.165, 1.54) is 0 Å². The van der Waals surface area contributed by atoms with E-state index in [4.69, 9.17) is 0 Å². The van der Waals surface area contributed by atoms with E-state index in [2.05, 4.69) is 6.07 Å². The van der Waals surface area contributed by atoms with Gasteiger partial charge >= 0.3 is 0 Å². The second kappa shape index (κ2) is 7.48. The molecule has 0 unspecified atom stereocenters. The summed E-state index contributed by atoms with van der Waals surface area (Å²) in [5, 5.41) is 1.06. The molecule has 0 N–H and O–H groups in total. The van der Waals surface area contributed by atoms with E-state index in [0.29, 0.717) is 18.7 Å². The number of hydrogen-bond donors (Lipinski definition) is 0. The average molecular weight is 399 g/mol. The Labute approximate surface area is 176 Å². The zero-order valence-corrected chi connectivity index (χ0v) is 17.2. The fraction of sp³-hybridized carbons (Fsp3) is 0.280. The van der Waals surface area contributed by atoms with E-state index in [1.54, 1.807) is 0 Å². The van der Waals surface area contributed by atoms with Crippen molar-refractivity contribution in [3.8, 4) is 0 Å². The third kappa shape index (κ3) is 3.02. The van der Waals surface area contributed by atoms with Gasteiger partial charge in [-0.05, 0) is 38.0 Å². The molecule has 2 aromatic carbocycles. The summed E-state index contributed by atoms with van der Waals surface area (Å²) in [4.78, 5) is 29.6. The number of anilines is 1. The minimum absolute atomic E-state index is 0.0312. The largest absolute Gasteiger partial charge is 0.341 e. The molecule has 1 saturated heterocycles. The molecule has 0 aliphatic carbocycles. The van der Waals surface area contributed by atoms with Crippen molar-refractivity contribution in [2.24, 2.45) is 0 Å². The van der Waals surface area contributed by atoms with E-state index < -0.39 is 0 Å². The van der Waals surface area contributed by atoms with Crippen LogP contribution >= 0.6 is 0 Å². The van der Waals surface area contributed by atoms with Crippen LogP contribution in [-0.4, -0.2) is 40.9 Å². The predicted molar refractivity (Wildman–Crippen MR) is 120 cm³/mol. The highest BCUT2D eigenvalue weighted by molar-refractivity contribution is 6.36. The van der Waals surface area contributed by atoms with Gasteiger partial charge in [0, 0.05) is 53.4 Å². The van der Waals surface area contributed by atoms with Crippen molar-refractivity contribution >= 4 is 40.1 Å². The first-order valence-electron chi connectivity index (χ1n) is 10.7. The van der Waals surface area contributed by atoms with Gasteiger partial charge in [-0.25, -0.2) is 0 Å². The Bertz CT molecular complexity index is 1170. The zero-order valence-electron chi connectivity index (χ0n) is 17.2. The van der Waals surface area contributed by atoms with Crippen LogP contribution in [0, 0.1) is 0 Å². The Morgan fingerprint density at radius 1 is 1.03 bits per heavy atom. The van der Waals surface area contributed by atoms with Crippen molar-refractivity contribution in [2.45, 2.75) is 26.3 Å². The molecular formula is C25H25N3O2. The number of para-hydroxylation sites is 2. The van der Waals surface area contributed by atoms with Crippen molar-refractivity contribution < 1.29 is 9.59 Å². The Morgan fingerprint density at radius 2 is 1.77 bits per heavy atom. The van der Waals surface area contributed by atoms with E-state index in [0.717, 1.165) is 53.6 Å². The van der Waals surface area contributed by atoms with E-state index in [1.807, 2.05) is 76.0 Å². The fourth-order valence-electron chi connectivity index (χ4n) is 4.65. The molecule has 2 aliphatic rings. The van der Waals surface area contributed by atoms with Gasteiger partial charge in [-0.1, -0.05) is 36.4 Å². The van der Waals surface area contributed by atoms with Crippen LogP contribution in [0.4, 0.5) is 5.69 Å². The smallest absolute Gasteiger partial charge is 0.258 e. The molecule has 0 bridgehead atoms. The first-order valence-corrected chi connectivity index (χ1v) is 10.7. The molecule has 3 aromatic rings. The number of aromatic nitrogens is 1. The maximum absolute atomic E-state index is 13.1. The molecule has 3 heterocycles. The number of fused-ring (bicyclic) bond motifs is 2. The van der Waals surface area contributed by atoms with Crippen LogP contribution in [0.25, 0.3) is 22.6 Å². The molecule has 2 amide bonds. The van der Waals surface area contributed by atoms with Crippen molar-refractivity contribution in [3.63, 3.8) is 0 Å². The van der Waals surface area contributed by atoms with Gasteiger partial charge in [0.1, 0.15) is 6.54 Å². The van der Waals surface area contributed by atoms with Crippen molar-refractivity contribution in [3.05, 3.63) is 65.9 Å². The summed E-state index contributed by atoms with van der Waals surface area (Å²) >= 11 is 0. The number of nitrogens with zero attached hydrogens (tertiary/aromatic N) is 3. The number of hydrogen-bond acceptors (Lipinski definition) is 2. The monoisotopic (exact) mass is 399 g/mol. The molecular weight excluding hydrogens is 374 g/mol. The van der Waals surface area contributed by atoms with Crippen LogP contribution in [0.3, 0.4) is 0 Å². The quantitative estimate of drug-likeness (QED) is 0.618. The van der Waals surface area contributed by atoms with Crippen molar-refractivity contribution in [1.82, 2.24) is 9.47 Å². The number of rotatable bonds is 4. The van der Waals surface area contributed by atoms with Gasteiger partial charge < -0.3 is 14.4 Å². The van der Waals surface area contributed by atoms with Gasteiger partial charge in [0.25, 0.3) is 5.91 Å². The van der Waals surface area contributed by atoms with Crippen LogP contribution in [0.15, 0.2) is 54.7 Å². The third-order valence-electron chi connectivity index (χ3n) is 6.16. The molecule has 152 valence electrons. The summed E-state index contributed by atoms with van der Waals surface area (Å²) < 4.78 is 2.02. The maximum Gasteiger partial charge on any atom is 0.258 e. The summed E-state index contributed by atoms with van der Waals surface area (Å²) in [5.74, 6) is 0.190. The van der Waals surface area contributed by atoms with Gasteiger partial charge in [0.15, 0.2) is 0 Å². The molecule has 0 radical (unpaired) electrons. The highest BCUT2D eigenvalue weighted by atomic mass is 16.2. The molecule has 1 fully saturated rings. The van der Waals surface area contributed by atoms with E-state index in [-0.39, 0.29) is 11.8 Å². The Balaban J connectivity index is 1.57. The molecule has 0 spiro atoms. The lowest BCUT2D eigenvalue weighted by Crippen LogP contribution is -2.30. The third-order valence-corrected chi connectivity index (χ3v) is 6.16. The maximum atomic E-state index is 13.1. The van der Waals surface area contributed by atoms with Crippen LogP contribution in [0.5, 0.6) is 0 Å². The second-order valence-electron chi connectivity index (χ2n) is 7.94. The van der Waals surface area contributed by atoms with Crippen LogP contribution < -0.4 is 4.90 Å². The molecule has 2 aliphatic heterocycles. The second-order valence-corrected chi connectivity index (χ2v) is 7.94. The Morgan fingerprint density at radius 3 is 2.57 bits per heavy atom. The van der Waals surface area contributed by atoms with Crippen LogP contribution in [-0.2, 0) is 16.1 Å². The standard InChI is InChI=1S/C25H25N3O2/c1-2-28-23-12-6-4-10-20(23)21(25(28)30)15-18-16-27(22-11-5-3-9-19(18)22)17-24(29)26-13-7-8-14-26/h3-6,9-12,15-16H,2,7-8,13-14,17H2,1H3/b21-15+. The normalized spacial score (nSPS) is 17.4. The average Bonchev–Trinajstić information content (AvgIpc) is 3.47. The molecule has 0 saturated carbocycles. The lowest BCUT2D eigenvalue weighted by Gasteiger charge is -2.15. The zero-order chi connectivity index (χ0) is 20.7. The van der Waals surface area contributed by atoms with Gasteiger partial charge in [-0.2, -0.15) is 0 Å². The number of amides is 2.